The van der Waals surface area contributed by atoms with Gasteiger partial charge in [0.05, 0.1) is 0 Å². The quantitative estimate of drug-likeness (QED) is 0.720. The summed E-state index contributed by atoms with van der Waals surface area (Å²) in [7, 11) is 0. The summed E-state index contributed by atoms with van der Waals surface area (Å²) in [5.41, 5.74) is 0.939. The Bertz CT molecular complexity index is 399. The van der Waals surface area contributed by atoms with Gasteiger partial charge in [-0.3, -0.25) is 4.79 Å². The van der Waals surface area contributed by atoms with Crippen LogP contribution < -0.4 is 0 Å². The first-order chi connectivity index (χ1) is 7.81. The summed E-state index contributed by atoms with van der Waals surface area (Å²) in [6, 6.07) is 3.69. The Morgan fingerprint density at radius 2 is 2.19 bits per heavy atom. The van der Waals surface area contributed by atoms with Gasteiger partial charge in [0, 0.05) is 6.42 Å². The number of hydrogen-bond acceptors (Lipinski definition) is 2. The Hall–Kier alpha value is -1.31. The van der Waals surface area contributed by atoms with Crippen molar-refractivity contribution in [2.24, 2.45) is 0 Å². The molecule has 1 aromatic rings. The molecule has 1 aliphatic rings. The van der Waals surface area contributed by atoms with E-state index in [-0.39, 0.29) is 5.78 Å². The zero-order valence-corrected chi connectivity index (χ0v) is 9.79. The minimum Gasteiger partial charge on any atom is -0.458 e. The fourth-order valence-electron chi connectivity index (χ4n) is 2.07. The fraction of sp³-hybridized carbons (Fsp3) is 0.500. The zero-order valence-electron chi connectivity index (χ0n) is 9.79. The molecule has 0 atom stereocenters. The molecule has 0 saturated carbocycles. The number of rotatable bonds is 3. The van der Waals surface area contributed by atoms with Gasteiger partial charge >= 0.3 is 0 Å². The first-order valence-corrected chi connectivity index (χ1v) is 6.13. The van der Waals surface area contributed by atoms with Gasteiger partial charge in [-0.25, -0.2) is 0 Å². The van der Waals surface area contributed by atoms with Crippen LogP contribution in [0, 0.1) is 0 Å². The smallest absolute Gasteiger partial charge is 0.223 e. The molecule has 16 heavy (non-hydrogen) atoms. The van der Waals surface area contributed by atoms with Gasteiger partial charge in [0.15, 0.2) is 5.76 Å². The summed E-state index contributed by atoms with van der Waals surface area (Å²) in [5.74, 6) is 1.48. The molecule has 1 heterocycles. The Balaban J connectivity index is 2.14. The SMILES string of the molecule is CCc1ccc(C(=O)C2=CCCCCC2)o1. The molecule has 0 saturated heterocycles. The predicted molar refractivity (Wildman–Crippen MR) is 63.6 cm³/mol. The third kappa shape index (κ3) is 2.43. The number of carbonyl (C=O) groups is 1. The monoisotopic (exact) mass is 218 g/mol. The number of hydrogen-bond donors (Lipinski definition) is 0. The van der Waals surface area contributed by atoms with Crippen molar-refractivity contribution in [1.29, 1.82) is 0 Å². The van der Waals surface area contributed by atoms with Crippen LogP contribution in [0.3, 0.4) is 0 Å². The molecule has 2 heteroatoms. The van der Waals surface area contributed by atoms with E-state index in [1.54, 1.807) is 6.07 Å². The van der Waals surface area contributed by atoms with E-state index < -0.39 is 0 Å². The van der Waals surface area contributed by atoms with Gasteiger partial charge in [0.25, 0.3) is 0 Å². The molecule has 0 aliphatic heterocycles. The van der Waals surface area contributed by atoms with E-state index in [0.717, 1.165) is 37.0 Å². The lowest BCUT2D eigenvalue weighted by atomic mass is 10.0. The second-order valence-corrected chi connectivity index (χ2v) is 4.28. The number of allylic oxidation sites excluding steroid dienone is 2. The standard InChI is InChI=1S/C14H18O2/c1-2-12-9-10-13(16-12)14(15)11-7-5-3-4-6-8-11/h7,9-10H,2-6,8H2,1H3. The maximum absolute atomic E-state index is 12.1. The number of ketones is 1. The topological polar surface area (TPSA) is 30.2 Å². The van der Waals surface area contributed by atoms with Gasteiger partial charge < -0.3 is 4.42 Å². The summed E-state index contributed by atoms with van der Waals surface area (Å²) in [4.78, 5) is 12.1. The van der Waals surface area contributed by atoms with E-state index in [9.17, 15) is 4.79 Å². The Kier molecular flexibility index (Phi) is 3.60. The highest BCUT2D eigenvalue weighted by Gasteiger charge is 2.16. The van der Waals surface area contributed by atoms with Crippen molar-refractivity contribution in [3.8, 4) is 0 Å². The van der Waals surface area contributed by atoms with Gasteiger partial charge in [0.1, 0.15) is 5.76 Å². The molecular formula is C14H18O2. The number of furan rings is 1. The molecule has 2 nitrogen and oxygen atoms in total. The molecule has 0 bridgehead atoms. The predicted octanol–water partition coefficient (Wildman–Crippen LogP) is 3.92. The van der Waals surface area contributed by atoms with E-state index in [0.29, 0.717) is 5.76 Å². The van der Waals surface area contributed by atoms with Gasteiger partial charge in [-0.2, -0.15) is 0 Å². The molecule has 86 valence electrons. The first-order valence-electron chi connectivity index (χ1n) is 6.13. The van der Waals surface area contributed by atoms with Crippen molar-refractivity contribution in [3.63, 3.8) is 0 Å². The van der Waals surface area contributed by atoms with Crippen LogP contribution in [-0.2, 0) is 6.42 Å². The maximum atomic E-state index is 12.1. The molecule has 2 rings (SSSR count). The second kappa shape index (κ2) is 5.15. The summed E-state index contributed by atoms with van der Waals surface area (Å²) < 4.78 is 5.50. The summed E-state index contributed by atoms with van der Waals surface area (Å²) in [5, 5.41) is 0. The molecule has 0 radical (unpaired) electrons. The third-order valence-electron chi connectivity index (χ3n) is 3.07. The fourth-order valence-corrected chi connectivity index (χ4v) is 2.07. The Morgan fingerprint density at radius 3 is 2.94 bits per heavy atom. The van der Waals surface area contributed by atoms with Crippen molar-refractivity contribution in [2.45, 2.75) is 45.4 Å². The zero-order chi connectivity index (χ0) is 11.4. The molecule has 0 amide bonds. The van der Waals surface area contributed by atoms with Crippen molar-refractivity contribution in [1.82, 2.24) is 0 Å². The lowest BCUT2D eigenvalue weighted by molar-refractivity contribution is 0.0999. The van der Waals surface area contributed by atoms with E-state index in [2.05, 4.69) is 6.08 Å². The second-order valence-electron chi connectivity index (χ2n) is 4.28. The molecule has 0 aromatic carbocycles. The molecule has 0 fully saturated rings. The normalized spacial score (nSPS) is 16.7. The largest absolute Gasteiger partial charge is 0.458 e. The van der Waals surface area contributed by atoms with Crippen LogP contribution in [-0.4, -0.2) is 5.78 Å². The van der Waals surface area contributed by atoms with Crippen LogP contribution in [0.25, 0.3) is 0 Å². The van der Waals surface area contributed by atoms with Crippen LogP contribution in [0.5, 0.6) is 0 Å². The lowest BCUT2D eigenvalue weighted by Gasteiger charge is -2.01. The molecule has 0 unspecified atom stereocenters. The third-order valence-corrected chi connectivity index (χ3v) is 3.07. The molecule has 0 spiro atoms. The molecule has 1 aromatic heterocycles. The average Bonchev–Trinajstić information content (AvgIpc) is 2.62. The minimum absolute atomic E-state index is 0.0848. The summed E-state index contributed by atoms with van der Waals surface area (Å²) in [6.45, 7) is 2.03. The Labute approximate surface area is 96.3 Å². The first kappa shape index (κ1) is 11.2. The minimum atomic E-state index is 0.0848. The summed E-state index contributed by atoms with van der Waals surface area (Å²) in [6.07, 6.45) is 8.42. The van der Waals surface area contributed by atoms with Crippen LogP contribution in [0.15, 0.2) is 28.2 Å². The summed E-state index contributed by atoms with van der Waals surface area (Å²) >= 11 is 0. The highest BCUT2D eigenvalue weighted by atomic mass is 16.3. The van der Waals surface area contributed by atoms with Gasteiger partial charge in [-0.05, 0) is 43.4 Å². The maximum Gasteiger partial charge on any atom is 0.223 e. The van der Waals surface area contributed by atoms with Crippen molar-refractivity contribution < 1.29 is 9.21 Å². The van der Waals surface area contributed by atoms with Crippen LogP contribution in [0.1, 0.15) is 55.3 Å². The van der Waals surface area contributed by atoms with Gasteiger partial charge in [-0.15, -0.1) is 0 Å². The van der Waals surface area contributed by atoms with Crippen LogP contribution in [0.4, 0.5) is 0 Å². The number of aryl methyl sites for hydroxylation is 1. The number of carbonyl (C=O) groups excluding carboxylic acids is 1. The van der Waals surface area contributed by atoms with Crippen molar-refractivity contribution in [3.05, 3.63) is 35.3 Å². The highest BCUT2D eigenvalue weighted by Crippen LogP contribution is 2.22. The number of Topliss-reactive ketones (excluding diaryl/α,β-unsaturated/α-hetero) is 1. The molecular weight excluding hydrogens is 200 g/mol. The van der Waals surface area contributed by atoms with E-state index in [1.165, 1.54) is 12.8 Å². The van der Waals surface area contributed by atoms with Crippen LogP contribution >= 0.6 is 0 Å². The van der Waals surface area contributed by atoms with Crippen molar-refractivity contribution >= 4 is 5.78 Å². The molecule has 1 aliphatic carbocycles. The van der Waals surface area contributed by atoms with E-state index in [1.807, 2.05) is 13.0 Å². The molecule has 0 N–H and O–H groups in total. The van der Waals surface area contributed by atoms with Crippen molar-refractivity contribution in [2.75, 3.05) is 0 Å². The Morgan fingerprint density at radius 1 is 1.31 bits per heavy atom. The van der Waals surface area contributed by atoms with E-state index in [4.69, 9.17) is 4.42 Å². The van der Waals surface area contributed by atoms with Gasteiger partial charge in [-0.1, -0.05) is 19.4 Å². The van der Waals surface area contributed by atoms with Gasteiger partial charge in [0.2, 0.25) is 5.78 Å². The highest BCUT2D eigenvalue weighted by molar-refractivity contribution is 6.06. The van der Waals surface area contributed by atoms with Crippen LogP contribution in [0.2, 0.25) is 0 Å². The lowest BCUT2D eigenvalue weighted by Crippen LogP contribution is -2.01. The van der Waals surface area contributed by atoms with E-state index >= 15 is 0 Å². The average molecular weight is 218 g/mol.